The molecule has 0 radical (unpaired) electrons. The van der Waals surface area contributed by atoms with Crippen molar-refractivity contribution in [2.45, 2.75) is 26.8 Å². The van der Waals surface area contributed by atoms with Crippen molar-refractivity contribution in [3.63, 3.8) is 0 Å². The number of aryl methyl sites for hydroxylation is 1. The molecule has 17 heavy (non-hydrogen) atoms. The second kappa shape index (κ2) is 4.49. The average molecular weight is 232 g/mol. The molecule has 90 valence electrons. The summed E-state index contributed by atoms with van der Waals surface area (Å²) in [6.45, 7) is 6.14. The van der Waals surface area contributed by atoms with Crippen LogP contribution in [0.5, 0.6) is 17.5 Å². The molecule has 2 aromatic rings. The van der Waals surface area contributed by atoms with E-state index in [1.165, 1.54) is 0 Å². The van der Waals surface area contributed by atoms with Gasteiger partial charge in [0.25, 0.3) is 0 Å². The number of hydrogen-bond donors (Lipinski definition) is 1. The lowest BCUT2D eigenvalue weighted by molar-refractivity contribution is 0.389. The van der Waals surface area contributed by atoms with E-state index in [2.05, 4.69) is 18.8 Å². The molecule has 1 aromatic carbocycles. The number of rotatable bonds is 3. The van der Waals surface area contributed by atoms with Crippen LogP contribution in [0.25, 0.3) is 0 Å². The first kappa shape index (κ1) is 11.5. The molecular weight excluding hydrogens is 216 g/mol. The fraction of sp³-hybridized carbons (Fsp3) is 0.308. The third-order valence-electron chi connectivity index (χ3n) is 2.49. The van der Waals surface area contributed by atoms with Crippen LogP contribution >= 0.6 is 0 Å². The lowest BCUT2D eigenvalue weighted by atomic mass is 10.3. The molecule has 0 fully saturated rings. The second-order valence-electron chi connectivity index (χ2n) is 4.25. The van der Waals surface area contributed by atoms with Gasteiger partial charge >= 0.3 is 6.01 Å². The Morgan fingerprint density at radius 1 is 1.35 bits per heavy atom. The summed E-state index contributed by atoms with van der Waals surface area (Å²) in [5.74, 6) is 0.763. The van der Waals surface area contributed by atoms with E-state index in [1.807, 2.05) is 11.5 Å². The fourth-order valence-electron chi connectivity index (χ4n) is 1.78. The molecule has 4 nitrogen and oxygen atoms in total. The van der Waals surface area contributed by atoms with Gasteiger partial charge in [-0.15, -0.1) is 0 Å². The minimum Gasteiger partial charge on any atom is -0.508 e. The molecule has 1 N–H and O–H groups in total. The molecule has 0 amide bonds. The predicted molar refractivity (Wildman–Crippen MR) is 65.5 cm³/mol. The first-order valence-electron chi connectivity index (χ1n) is 5.58. The second-order valence-corrected chi connectivity index (χ2v) is 4.25. The van der Waals surface area contributed by atoms with E-state index in [0.29, 0.717) is 11.8 Å². The third-order valence-corrected chi connectivity index (χ3v) is 2.49. The first-order chi connectivity index (χ1) is 8.08. The van der Waals surface area contributed by atoms with Crippen LogP contribution in [0.2, 0.25) is 0 Å². The highest BCUT2D eigenvalue weighted by Crippen LogP contribution is 2.26. The molecule has 0 atom stereocenters. The van der Waals surface area contributed by atoms with Crippen LogP contribution < -0.4 is 4.74 Å². The summed E-state index contributed by atoms with van der Waals surface area (Å²) in [5.41, 5.74) is 1.05. The molecule has 0 bridgehead atoms. The van der Waals surface area contributed by atoms with Gasteiger partial charge in [-0.3, -0.25) is 4.57 Å². The van der Waals surface area contributed by atoms with Gasteiger partial charge < -0.3 is 9.84 Å². The Hall–Kier alpha value is -1.97. The molecule has 0 unspecified atom stereocenters. The van der Waals surface area contributed by atoms with E-state index in [9.17, 15) is 5.11 Å². The maximum Gasteiger partial charge on any atom is 0.302 e. The number of benzene rings is 1. The zero-order valence-corrected chi connectivity index (χ0v) is 10.2. The standard InChI is InChI=1S/C13H16N2O2/c1-9(2)15-10(3)8-14-13(15)17-12-6-4-5-11(16)7-12/h4-9,16H,1-3H3. The molecule has 0 aliphatic heterocycles. The third kappa shape index (κ3) is 2.41. The Kier molecular flexibility index (Phi) is 3.04. The van der Waals surface area contributed by atoms with E-state index < -0.39 is 0 Å². The maximum atomic E-state index is 9.37. The molecule has 0 spiro atoms. The fourth-order valence-corrected chi connectivity index (χ4v) is 1.78. The first-order valence-corrected chi connectivity index (χ1v) is 5.58. The number of aromatic hydroxyl groups is 1. The quantitative estimate of drug-likeness (QED) is 0.883. The van der Waals surface area contributed by atoms with Gasteiger partial charge in [0.1, 0.15) is 11.5 Å². The SMILES string of the molecule is Cc1cnc(Oc2cccc(O)c2)n1C(C)C. The van der Waals surface area contributed by atoms with E-state index in [0.717, 1.165) is 5.69 Å². The summed E-state index contributed by atoms with van der Waals surface area (Å²) < 4.78 is 7.67. The van der Waals surface area contributed by atoms with Crippen molar-refractivity contribution in [1.82, 2.24) is 9.55 Å². The highest BCUT2D eigenvalue weighted by Gasteiger charge is 2.11. The summed E-state index contributed by atoms with van der Waals surface area (Å²) >= 11 is 0. The zero-order valence-electron chi connectivity index (χ0n) is 10.2. The smallest absolute Gasteiger partial charge is 0.302 e. The minimum atomic E-state index is 0.182. The van der Waals surface area contributed by atoms with Crippen LogP contribution in [0.4, 0.5) is 0 Å². The highest BCUT2D eigenvalue weighted by atomic mass is 16.5. The van der Waals surface area contributed by atoms with Crippen molar-refractivity contribution in [2.75, 3.05) is 0 Å². The summed E-state index contributed by atoms with van der Waals surface area (Å²) in [6.07, 6.45) is 1.78. The average Bonchev–Trinajstić information content (AvgIpc) is 2.59. The van der Waals surface area contributed by atoms with Crippen LogP contribution in [0.3, 0.4) is 0 Å². The molecule has 4 heteroatoms. The van der Waals surface area contributed by atoms with Gasteiger partial charge in [0.05, 0.1) is 6.20 Å². The Morgan fingerprint density at radius 3 is 2.76 bits per heavy atom. The minimum absolute atomic E-state index is 0.182. The van der Waals surface area contributed by atoms with Crippen molar-refractivity contribution in [2.24, 2.45) is 0 Å². The van der Waals surface area contributed by atoms with E-state index >= 15 is 0 Å². The number of phenols is 1. The molecule has 1 aromatic heterocycles. The summed E-state index contributed by atoms with van der Waals surface area (Å²) in [6, 6.07) is 7.52. The monoisotopic (exact) mass is 232 g/mol. The molecule has 1 heterocycles. The van der Waals surface area contributed by atoms with Crippen molar-refractivity contribution >= 4 is 0 Å². The molecule has 0 saturated carbocycles. The van der Waals surface area contributed by atoms with Crippen molar-refractivity contribution < 1.29 is 9.84 Å². The molecule has 0 saturated heterocycles. The molecule has 0 aliphatic carbocycles. The number of phenolic OH excluding ortho intramolecular Hbond substituents is 1. The normalized spacial score (nSPS) is 10.8. The highest BCUT2D eigenvalue weighted by molar-refractivity contribution is 5.33. The summed E-state index contributed by atoms with van der Waals surface area (Å²) in [4.78, 5) is 4.22. The number of hydrogen-bond acceptors (Lipinski definition) is 3. The predicted octanol–water partition coefficient (Wildman–Crippen LogP) is 3.27. The maximum absolute atomic E-state index is 9.37. The van der Waals surface area contributed by atoms with Crippen molar-refractivity contribution in [1.29, 1.82) is 0 Å². The Bertz CT molecular complexity index is 518. The van der Waals surface area contributed by atoms with Gasteiger partial charge in [0, 0.05) is 17.8 Å². The van der Waals surface area contributed by atoms with Gasteiger partial charge in [-0.25, -0.2) is 4.98 Å². The number of imidazole rings is 1. The molecule has 2 rings (SSSR count). The van der Waals surface area contributed by atoms with Crippen molar-refractivity contribution in [3.05, 3.63) is 36.2 Å². The van der Waals surface area contributed by atoms with E-state index in [4.69, 9.17) is 4.74 Å². The lowest BCUT2D eigenvalue weighted by Crippen LogP contribution is -2.05. The molecule has 0 aliphatic rings. The number of aromatic nitrogens is 2. The summed E-state index contributed by atoms with van der Waals surface area (Å²) in [5, 5.41) is 9.37. The van der Waals surface area contributed by atoms with Crippen LogP contribution in [0.15, 0.2) is 30.5 Å². The number of ether oxygens (including phenoxy) is 1. The van der Waals surface area contributed by atoms with Gasteiger partial charge in [-0.1, -0.05) is 6.07 Å². The van der Waals surface area contributed by atoms with Crippen LogP contribution in [0.1, 0.15) is 25.6 Å². The van der Waals surface area contributed by atoms with Crippen molar-refractivity contribution in [3.8, 4) is 17.5 Å². The van der Waals surface area contributed by atoms with Gasteiger partial charge in [-0.05, 0) is 32.9 Å². The number of nitrogens with zero attached hydrogens (tertiary/aromatic N) is 2. The van der Waals surface area contributed by atoms with Crippen LogP contribution in [0, 0.1) is 6.92 Å². The largest absolute Gasteiger partial charge is 0.508 e. The molecular formula is C13H16N2O2. The van der Waals surface area contributed by atoms with Gasteiger partial charge in [0.15, 0.2) is 0 Å². The van der Waals surface area contributed by atoms with E-state index in [-0.39, 0.29) is 11.8 Å². The van der Waals surface area contributed by atoms with Crippen LogP contribution in [-0.2, 0) is 0 Å². The van der Waals surface area contributed by atoms with Crippen LogP contribution in [-0.4, -0.2) is 14.7 Å². The van der Waals surface area contributed by atoms with Gasteiger partial charge in [-0.2, -0.15) is 0 Å². The Balaban J connectivity index is 2.30. The zero-order chi connectivity index (χ0) is 12.4. The van der Waals surface area contributed by atoms with E-state index in [1.54, 1.807) is 30.5 Å². The van der Waals surface area contributed by atoms with Gasteiger partial charge in [0.2, 0.25) is 0 Å². The Morgan fingerprint density at radius 2 is 2.12 bits per heavy atom. The topological polar surface area (TPSA) is 47.3 Å². The Labute approximate surface area is 100 Å². The summed E-state index contributed by atoms with van der Waals surface area (Å²) in [7, 11) is 0. The lowest BCUT2D eigenvalue weighted by Gasteiger charge is -2.13.